The van der Waals surface area contributed by atoms with Gasteiger partial charge in [0, 0.05) is 34.0 Å². The van der Waals surface area contributed by atoms with E-state index in [1.54, 1.807) is 0 Å². The maximum absolute atomic E-state index is 7.04. The molecule has 0 radical (unpaired) electrons. The molecule has 44 heavy (non-hydrogen) atoms. The average Bonchev–Trinajstić information content (AvgIpc) is 3.76. The fourth-order valence-electron chi connectivity index (χ4n) is 8.21. The Hall–Kier alpha value is -4.83. The van der Waals surface area contributed by atoms with Gasteiger partial charge in [-0.3, -0.25) is 0 Å². The zero-order chi connectivity index (χ0) is 29.4. The lowest BCUT2D eigenvalue weighted by molar-refractivity contribution is -0.769. The van der Waals surface area contributed by atoms with E-state index in [0.29, 0.717) is 6.61 Å². The van der Waals surface area contributed by atoms with Crippen LogP contribution in [0.15, 0.2) is 122 Å². The number of ether oxygens (including phenoxy) is 1. The quantitative estimate of drug-likeness (QED) is 0.162. The number of aryl methyl sites for hydroxylation is 1. The molecule has 0 saturated heterocycles. The molecule has 1 fully saturated rings. The summed E-state index contributed by atoms with van der Waals surface area (Å²) in [5, 5.41) is 5.15. The number of rotatable bonds is 5. The van der Waals surface area contributed by atoms with Crippen molar-refractivity contribution in [2.45, 2.75) is 43.8 Å². The number of nitrogens with zero attached hydrogens (tertiary/aromatic N) is 3. The van der Waals surface area contributed by atoms with Crippen LogP contribution in [0.2, 0.25) is 0 Å². The first-order valence-electron chi connectivity index (χ1n) is 16.0. The van der Waals surface area contributed by atoms with Gasteiger partial charge in [-0.15, -0.1) is 0 Å². The van der Waals surface area contributed by atoms with E-state index in [2.05, 4.69) is 149 Å². The van der Waals surface area contributed by atoms with Crippen LogP contribution in [-0.4, -0.2) is 30.0 Å². The Balaban J connectivity index is 1.34. The Bertz CT molecular complexity index is 2190. The van der Waals surface area contributed by atoms with Gasteiger partial charge in [0.15, 0.2) is 19.0 Å². The second kappa shape index (κ2) is 9.59. The third-order valence-electron chi connectivity index (χ3n) is 10.3. The number of likely N-dealkylation sites (N-methyl/N-ethyl adjacent to an activating group) is 1. The van der Waals surface area contributed by atoms with Crippen molar-refractivity contribution in [1.29, 1.82) is 0 Å². The summed E-state index contributed by atoms with van der Waals surface area (Å²) in [5.41, 5.74) is 7.24. The van der Waals surface area contributed by atoms with Crippen LogP contribution in [0.4, 0.5) is 0 Å². The van der Waals surface area contributed by atoms with E-state index < -0.39 is 0 Å². The van der Waals surface area contributed by atoms with Crippen LogP contribution in [0.25, 0.3) is 38.3 Å². The van der Waals surface area contributed by atoms with Crippen molar-refractivity contribution >= 4 is 44.0 Å². The van der Waals surface area contributed by atoms with E-state index >= 15 is 0 Å². The van der Waals surface area contributed by atoms with Gasteiger partial charge < -0.3 is 4.74 Å². The highest BCUT2D eigenvalue weighted by Gasteiger charge is 2.89. The molecular formula is C40H36N3O+3. The number of hydrogen-bond acceptors (Lipinski definition) is 1. The van der Waals surface area contributed by atoms with Crippen LogP contribution >= 0.6 is 0 Å². The van der Waals surface area contributed by atoms with Crippen molar-refractivity contribution in [2.24, 2.45) is 0 Å². The Kier molecular flexibility index (Phi) is 5.59. The molecule has 4 aromatic carbocycles. The summed E-state index contributed by atoms with van der Waals surface area (Å²) in [5.74, 6) is 0.917. The molecule has 214 valence electrons. The monoisotopic (exact) mass is 574 g/mol. The molecule has 9 rings (SSSR count). The zero-order valence-electron chi connectivity index (χ0n) is 25.3. The summed E-state index contributed by atoms with van der Waals surface area (Å²) in [4.78, 5) is 0. The van der Waals surface area contributed by atoms with Crippen molar-refractivity contribution < 1.29 is 18.4 Å². The molecule has 1 aliphatic carbocycles. The lowest BCUT2D eigenvalue weighted by atomic mass is 10.0. The van der Waals surface area contributed by atoms with Gasteiger partial charge in [-0.1, -0.05) is 67.9 Å². The molecule has 3 atom stereocenters. The van der Waals surface area contributed by atoms with Crippen molar-refractivity contribution in [3.8, 4) is 0 Å². The largest absolute Gasteiger partial charge is 0.485 e. The smallest absolute Gasteiger partial charge is 0.337 e. The van der Waals surface area contributed by atoms with Gasteiger partial charge in [-0.05, 0) is 60.2 Å². The predicted octanol–water partition coefficient (Wildman–Crippen LogP) is 6.90. The molecule has 2 aliphatic heterocycles. The lowest BCUT2D eigenvalue weighted by Gasteiger charge is -2.18. The summed E-state index contributed by atoms with van der Waals surface area (Å²) in [6.45, 7) is 2.84. The third-order valence-corrected chi connectivity index (χ3v) is 10.3. The van der Waals surface area contributed by atoms with E-state index in [0.717, 1.165) is 17.7 Å². The van der Waals surface area contributed by atoms with Crippen LogP contribution < -0.4 is 9.13 Å². The fourth-order valence-corrected chi connectivity index (χ4v) is 8.21. The number of benzene rings is 4. The Morgan fingerprint density at radius 2 is 1.50 bits per heavy atom. The molecule has 3 aliphatic rings. The molecule has 4 heterocycles. The Morgan fingerprint density at radius 1 is 0.750 bits per heavy atom. The highest BCUT2D eigenvalue weighted by molar-refractivity contribution is 6.15. The highest BCUT2D eigenvalue weighted by atomic mass is 16.5. The summed E-state index contributed by atoms with van der Waals surface area (Å²) >= 11 is 0. The van der Waals surface area contributed by atoms with Crippen LogP contribution in [0.3, 0.4) is 0 Å². The fraction of sp³-hybridized carbons (Fsp3) is 0.225. The van der Waals surface area contributed by atoms with Gasteiger partial charge in [0.25, 0.3) is 6.04 Å². The first-order valence-corrected chi connectivity index (χ1v) is 16.0. The zero-order valence-corrected chi connectivity index (χ0v) is 25.3. The van der Waals surface area contributed by atoms with Crippen molar-refractivity contribution in [1.82, 2.24) is 0 Å². The van der Waals surface area contributed by atoms with Gasteiger partial charge >= 0.3 is 11.6 Å². The summed E-state index contributed by atoms with van der Waals surface area (Å²) < 4.78 is 14.7. The lowest BCUT2D eigenvalue weighted by Crippen LogP contribution is -2.55. The van der Waals surface area contributed by atoms with Crippen LogP contribution in [-0.2, 0) is 16.7 Å². The number of pyridine rings is 2. The maximum Gasteiger partial charge on any atom is 0.337 e. The first-order chi connectivity index (χ1) is 21.7. The second-order valence-corrected chi connectivity index (χ2v) is 12.7. The molecule has 1 saturated carbocycles. The van der Waals surface area contributed by atoms with Crippen LogP contribution in [0.1, 0.15) is 42.5 Å². The van der Waals surface area contributed by atoms with Crippen LogP contribution in [0, 0.1) is 0 Å². The van der Waals surface area contributed by atoms with Crippen molar-refractivity contribution in [3.63, 3.8) is 0 Å². The summed E-state index contributed by atoms with van der Waals surface area (Å²) in [6.07, 6.45) is 10.4. The first kappa shape index (κ1) is 25.6. The minimum atomic E-state index is -0.306. The average molecular weight is 575 g/mol. The maximum atomic E-state index is 7.04. The van der Waals surface area contributed by atoms with Crippen LogP contribution in [0.5, 0.6) is 0 Å². The summed E-state index contributed by atoms with van der Waals surface area (Å²) in [7, 11) is 2.30. The highest BCUT2D eigenvalue weighted by Crippen LogP contribution is 2.53. The van der Waals surface area contributed by atoms with Gasteiger partial charge in [0.2, 0.25) is 16.7 Å². The Labute approximate surface area is 257 Å². The number of aromatic nitrogens is 2. The molecule has 0 N–H and O–H groups in total. The molecule has 1 spiro atoms. The number of unbranched alkanes of at least 4 members (excludes halogenated alkanes) is 1. The standard InChI is InChI=1S/C40H36N3O/c1-3-4-11-27-12-8-15-32(24-27)33-25-34(28-13-6-5-7-14-28)44-26-40-38(41(33)2)39(40)42-22-9-16-30-20-18-29-19-21-31-17-10-23-43(40)37(31)35(29)36(30)42/h5-10,12-25,38-39H,3-4,11,26H2,1-2H3/q+3. The van der Waals surface area contributed by atoms with Gasteiger partial charge in [-0.25, -0.2) is 4.58 Å². The predicted molar refractivity (Wildman–Crippen MR) is 176 cm³/mol. The van der Waals surface area contributed by atoms with Gasteiger partial charge in [-0.2, -0.15) is 9.13 Å². The molecule has 0 amide bonds. The van der Waals surface area contributed by atoms with Crippen molar-refractivity contribution in [2.75, 3.05) is 13.7 Å². The summed E-state index contributed by atoms with van der Waals surface area (Å²) in [6, 6.07) is 38.2. The number of fused-ring (bicyclic) bond motifs is 2. The van der Waals surface area contributed by atoms with Gasteiger partial charge in [0.1, 0.15) is 18.2 Å². The van der Waals surface area contributed by atoms with Gasteiger partial charge in [0.05, 0.1) is 6.08 Å². The van der Waals surface area contributed by atoms with E-state index in [1.807, 2.05) is 0 Å². The molecular weight excluding hydrogens is 538 g/mol. The molecule has 2 aromatic heterocycles. The van der Waals surface area contributed by atoms with Crippen molar-refractivity contribution in [3.05, 3.63) is 138 Å². The normalized spacial score (nSPS) is 21.9. The molecule has 6 aromatic rings. The third kappa shape index (κ3) is 3.54. The van der Waals surface area contributed by atoms with E-state index in [-0.39, 0.29) is 17.6 Å². The molecule has 3 unspecified atom stereocenters. The number of hydrogen-bond donors (Lipinski definition) is 0. The minimum absolute atomic E-state index is 0.187. The second-order valence-electron chi connectivity index (χ2n) is 12.7. The number of allylic oxidation sites excluding steroid dienone is 1. The molecule has 4 nitrogen and oxygen atoms in total. The van der Waals surface area contributed by atoms with E-state index in [9.17, 15) is 0 Å². The topological polar surface area (TPSA) is 20.0 Å². The molecule has 4 heteroatoms. The molecule has 0 bridgehead atoms. The SMILES string of the molecule is CCCCc1cccc(C2=[N+](C)C3C4[n+]5cccc6ccc7ccc8ccc[n+](c8c7c65)C34COC(c3ccccc3)=C2)c1. The Morgan fingerprint density at radius 3 is 2.32 bits per heavy atom. The van der Waals surface area contributed by atoms with E-state index in [1.165, 1.54) is 62.3 Å². The minimum Gasteiger partial charge on any atom is -0.485 e. The van der Waals surface area contributed by atoms with E-state index in [4.69, 9.17) is 4.74 Å².